The van der Waals surface area contributed by atoms with Crippen molar-refractivity contribution >= 4 is 0 Å². The van der Waals surface area contributed by atoms with Crippen molar-refractivity contribution in [3.8, 4) is 22.3 Å². The molecular formula is C19H20. The maximum Gasteiger partial charge on any atom is -0.00484 e. The molecule has 0 radical (unpaired) electrons. The summed E-state index contributed by atoms with van der Waals surface area (Å²) in [5, 5.41) is 0. The van der Waals surface area contributed by atoms with Crippen LogP contribution in [0.15, 0.2) is 42.5 Å². The molecule has 0 aliphatic heterocycles. The molecule has 0 atom stereocenters. The zero-order valence-corrected chi connectivity index (χ0v) is 12.1. The Labute approximate surface area is 115 Å². The van der Waals surface area contributed by atoms with Crippen molar-refractivity contribution in [1.29, 1.82) is 0 Å². The lowest BCUT2D eigenvalue weighted by Crippen LogP contribution is -2.00. The van der Waals surface area contributed by atoms with Gasteiger partial charge in [-0.15, -0.1) is 0 Å². The predicted molar refractivity (Wildman–Crippen MR) is 81.2 cm³/mol. The van der Waals surface area contributed by atoms with Crippen LogP contribution in [0.1, 0.15) is 39.2 Å². The first-order chi connectivity index (χ1) is 8.94. The fourth-order valence-corrected chi connectivity index (χ4v) is 4.12. The SMILES string of the molecule is CC1(C)C(c2ccc3c(c2)-c2ccccc2-3)C1(C)C. The Bertz CT molecular complexity index is 675. The van der Waals surface area contributed by atoms with Crippen molar-refractivity contribution < 1.29 is 0 Å². The van der Waals surface area contributed by atoms with Gasteiger partial charge < -0.3 is 0 Å². The molecule has 0 spiro atoms. The number of rotatable bonds is 1. The molecule has 0 saturated heterocycles. The second-order valence-electron chi connectivity index (χ2n) is 7.23. The first-order valence-corrected chi connectivity index (χ1v) is 7.18. The minimum Gasteiger partial charge on any atom is -0.0616 e. The van der Waals surface area contributed by atoms with E-state index in [-0.39, 0.29) is 0 Å². The van der Waals surface area contributed by atoms with E-state index in [2.05, 4.69) is 70.2 Å². The minimum absolute atomic E-state index is 0.421. The zero-order chi connectivity index (χ0) is 13.4. The average molecular weight is 248 g/mol. The highest BCUT2D eigenvalue weighted by Crippen LogP contribution is 2.73. The van der Waals surface area contributed by atoms with E-state index in [1.807, 2.05) is 0 Å². The van der Waals surface area contributed by atoms with Crippen molar-refractivity contribution in [2.75, 3.05) is 0 Å². The second-order valence-corrected chi connectivity index (χ2v) is 7.23. The lowest BCUT2D eigenvalue weighted by atomic mass is 9.79. The van der Waals surface area contributed by atoms with E-state index in [9.17, 15) is 0 Å². The van der Waals surface area contributed by atoms with Gasteiger partial charge in [0, 0.05) is 0 Å². The van der Waals surface area contributed by atoms with Crippen molar-refractivity contribution in [1.82, 2.24) is 0 Å². The molecule has 0 aromatic heterocycles. The maximum absolute atomic E-state index is 2.43. The Morgan fingerprint density at radius 2 is 1.21 bits per heavy atom. The molecule has 2 aliphatic rings. The van der Waals surface area contributed by atoms with Gasteiger partial charge in [-0.2, -0.15) is 0 Å². The quantitative estimate of drug-likeness (QED) is 0.534. The minimum atomic E-state index is 0.421. The largest absolute Gasteiger partial charge is 0.0616 e. The van der Waals surface area contributed by atoms with Crippen LogP contribution in [0.25, 0.3) is 22.3 Å². The molecule has 0 bridgehead atoms. The monoisotopic (exact) mass is 248 g/mol. The molecule has 0 heteroatoms. The molecule has 2 aromatic rings. The van der Waals surface area contributed by atoms with Crippen LogP contribution in [0, 0.1) is 10.8 Å². The summed E-state index contributed by atoms with van der Waals surface area (Å²) in [6.07, 6.45) is 0. The fraction of sp³-hybridized carbons (Fsp3) is 0.368. The topological polar surface area (TPSA) is 0 Å². The Morgan fingerprint density at radius 3 is 1.79 bits per heavy atom. The summed E-state index contributed by atoms with van der Waals surface area (Å²) in [5.74, 6) is 0.693. The van der Waals surface area contributed by atoms with E-state index in [0.29, 0.717) is 16.7 Å². The average Bonchev–Trinajstić information content (AvgIpc) is 2.76. The van der Waals surface area contributed by atoms with E-state index < -0.39 is 0 Å². The highest BCUT2D eigenvalue weighted by Gasteiger charge is 2.65. The fourth-order valence-electron chi connectivity index (χ4n) is 4.12. The molecular weight excluding hydrogens is 228 g/mol. The van der Waals surface area contributed by atoms with Crippen LogP contribution in [0.4, 0.5) is 0 Å². The van der Waals surface area contributed by atoms with Gasteiger partial charge in [-0.05, 0) is 44.6 Å². The van der Waals surface area contributed by atoms with Crippen LogP contribution in [-0.4, -0.2) is 0 Å². The Hall–Kier alpha value is -1.56. The molecule has 19 heavy (non-hydrogen) atoms. The van der Waals surface area contributed by atoms with E-state index in [1.54, 1.807) is 0 Å². The summed E-state index contributed by atoms with van der Waals surface area (Å²) in [4.78, 5) is 0. The van der Waals surface area contributed by atoms with Gasteiger partial charge in [-0.25, -0.2) is 0 Å². The van der Waals surface area contributed by atoms with Crippen LogP contribution in [0.5, 0.6) is 0 Å². The van der Waals surface area contributed by atoms with Crippen LogP contribution >= 0.6 is 0 Å². The van der Waals surface area contributed by atoms with Crippen molar-refractivity contribution in [2.45, 2.75) is 33.6 Å². The summed E-state index contributed by atoms with van der Waals surface area (Å²) in [6, 6.07) is 15.8. The van der Waals surface area contributed by atoms with Crippen LogP contribution in [-0.2, 0) is 0 Å². The molecule has 1 fully saturated rings. The molecule has 1 saturated carbocycles. The van der Waals surface area contributed by atoms with Gasteiger partial charge in [0.1, 0.15) is 0 Å². The van der Waals surface area contributed by atoms with Gasteiger partial charge >= 0.3 is 0 Å². The second kappa shape index (κ2) is 3.12. The summed E-state index contributed by atoms with van der Waals surface area (Å²) in [5.41, 5.74) is 8.08. The maximum atomic E-state index is 2.43. The Morgan fingerprint density at radius 1 is 0.684 bits per heavy atom. The lowest BCUT2D eigenvalue weighted by molar-refractivity contribution is 0.457. The third kappa shape index (κ3) is 1.20. The van der Waals surface area contributed by atoms with E-state index in [1.165, 1.54) is 27.8 Å². The molecule has 0 amide bonds. The molecule has 0 N–H and O–H groups in total. The third-order valence-electron chi connectivity index (χ3n) is 5.91. The molecule has 0 unspecified atom stereocenters. The molecule has 0 heterocycles. The van der Waals surface area contributed by atoms with Gasteiger partial charge in [-0.3, -0.25) is 0 Å². The summed E-state index contributed by atoms with van der Waals surface area (Å²) >= 11 is 0. The van der Waals surface area contributed by atoms with Gasteiger partial charge in [0.15, 0.2) is 0 Å². The zero-order valence-electron chi connectivity index (χ0n) is 12.1. The summed E-state index contributed by atoms with van der Waals surface area (Å²) < 4.78 is 0. The van der Waals surface area contributed by atoms with Crippen LogP contribution in [0.3, 0.4) is 0 Å². The normalized spacial score (nSPS) is 21.3. The predicted octanol–water partition coefficient (Wildman–Crippen LogP) is 5.48. The molecule has 2 aliphatic carbocycles. The Balaban J connectivity index is 1.79. The van der Waals surface area contributed by atoms with E-state index in [4.69, 9.17) is 0 Å². The number of hydrogen-bond donors (Lipinski definition) is 0. The van der Waals surface area contributed by atoms with Crippen LogP contribution in [0.2, 0.25) is 0 Å². The Kier molecular flexibility index (Phi) is 1.85. The van der Waals surface area contributed by atoms with Crippen molar-refractivity contribution in [3.63, 3.8) is 0 Å². The van der Waals surface area contributed by atoms with Crippen LogP contribution < -0.4 is 0 Å². The van der Waals surface area contributed by atoms with Gasteiger partial charge in [-0.1, -0.05) is 70.2 Å². The number of hydrogen-bond acceptors (Lipinski definition) is 0. The highest BCUT2D eigenvalue weighted by atomic mass is 14.7. The standard InChI is InChI=1S/C19H20/c1-18(2)17(19(18,3)4)12-9-10-15-13-7-5-6-8-14(13)16(15)11-12/h5-11,17H,1-4H3. The third-order valence-corrected chi connectivity index (χ3v) is 5.91. The lowest BCUT2D eigenvalue weighted by Gasteiger charge is -2.24. The number of benzene rings is 2. The summed E-state index contributed by atoms with van der Waals surface area (Å²) in [6.45, 7) is 9.58. The van der Waals surface area contributed by atoms with Gasteiger partial charge in [0.05, 0.1) is 0 Å². The number of fused-ring (bicyclic) bond motifs is 4. The van der Waals surface area contributed by atoms with Crippen molar-refractivity contribution in [2.24, 2.45) is 10.8 Å². The van der Waals surface area contributed by atoms with E-state index in [0.717, 1.165) is 0 Å². The smallest absolute Gasteiger partial charge is 0.00484 e. The van der Waals surface area contributed by atoms with Crippen molar-refractivity contribution in [3.05, 3.63) is 48.0 Å². The molecule has 0 nitrogen and oxygen atoms in total. The summed E-state index contributed by atoms with van der Waals surface area (Å²) in [7, 11) is 0. The first-order valence-electron chi connectivity index (χ1n) is 7.18. The highest BCUT2D eigenvalue weighted by molar-refractivity contribution is 6.02. The molecule has 2 aromatic carbocycles. The first kappa shape index (κ1) is 11.3. The molecule has 96 valence electrons. The van der Waals surface area contributed by atoms with E-state index >= 15 is 0 Å². The van der Waals surface area contributed by atoms with Gasteiger partial charge in [0.25, 0.3) is 0 Å². The van der Waals surface area contributed by atoms with Gasteiger partial charge in [0.2, 0.25) is 0 Å². The molecule has 4 rings (SSSR count).